The number of carbonyl (C=O) groups excluding carboxylic acids is 1. The number of hydrogen-bond acceptors (Lipinski definition) is 3. The maximum absolute atomic E-state index is 11.5. The van der Waals surface area contributed by atoms with Gasteiger partial charge in [-0.1, -0.05) is 6.92 Å². The summed E-state index contributed by atoms with van der Waals surface area (Å²) >= 11 is 3.20. The average Bonchev–Trinajstić information content (AvgIpc) is 2.44. The number of aliphatic hydroxyl groups is 1. The maximum Gasteiger partial charge on any atom is 0.210 e. The van der Waals surface area contributed by atoms with Crippen LogP contribution in [0.3, 0.4) is 0 Å². The lowest BCUT2D eigenvalue weighted by Crippen LogP contribution is -2.22. The van der Waals surface area contributed by atoms with E-state index in [1.54, 1.807) is 14.0 Å². The molecule has 13 heavy (non-hydrogen) atoms. The average molecular weight is 247 g/mol. The Morgan fingerprint density at radius 1 is 1.85 bits per heavy atom. The molecule has 0 radical (unpaired) electrons. The topological polar surface area (TPSA) is 55.1 Å². The van der Waals surface area contributed by atoms with Crippen molar-refractivity contribution in [3.05, 3.63) is 16.4 Å². The number of hydrogen-bond donors (Lipinski definition) is 1. The highest BCUT2D eigenvalue weighted by molar-refractivity contribution is 9.10. The highest BCUT2D eigenvalue weighted by Crippen LogP contribution is 2.17. The Balaban J connectivity index is 3.01. The Hall–Kier alpha value is -0.680. The molecule has 1 unspecified atom stereocenters. The first-order valence-corrected chi connectivity index (χ1v) is 4.77. The summed E-state index contributed by atoms with van der Waals surface area (Å²) in [5, 5.41) is 13.2. The highest BCUT2D eigenvalue weighted by Gasteiger charge is 2.21. The summed E-state index contributed by atoms with van der Waals surface area (Å²) in [6.07, 6.45) is 1.01. The van der Waals surface area contributed by atoms with Gasteiger partial charge in [0.15, 0.2) is 0 Å². The van der Waals surface area contributed by atoms with E-state index in [0.717, 1.165) is 0 Å². The number of nitrogens with zero attached hydrogens (tertiary/aromatic N) is 2. The Labute approximate surface area is 84.7 Å². The van der Waals surface area contributed by atoms with Gasteiger partial charge in [0, 0.05) is 7.05 Å². The smallest absolute Gasteiger partial charge is 0.210 e. The van der Waals surface area contributed by atoms with Gasteiger partial charge in [0.1, 0.15) is 11.8 Å². The molecule has 1 atom stereocenters. The largest absolute Gasteiger partial charge is 0.385 e. The van der Waals surface area contributed by atoms with Crippen LogP contribution in [0.1, 0.15) is 23.8 Å². The molecule has 0 saturated carbocycles. The van der Waals surface area contributed by atoms with Crippen molar-refractivity contribution in [2.45, 2.75) is 19.4 Å². The van der Waals surface area contributed by atoms with Gasteiger partial charge in [-0.05, 0) is 22.4 Å². The van der Waals surface area contributed by atoms with Crippen LogP contribution in [0, 0.1) is 0 Å². The molecule has 0 spiro atoms. The van der Waals surface area contributed by atoms with Gasteiger partial charge >= 0.3 is 0 Å². The fraction of sp³-hybridized carbons (Fsp3) is 0.500. The van der Waals surface area contributed by atoms with Crippen LogP contribution in [0.2, 0.25) is 0 Å². The zero-order valence-electron chi connectivity index (χ0n) is 7.49. The Kier molecular flexibility index (Phi) is 3.22. The minimum Gasteiger partial charge on any atom is -0.385 e. The molecule has 0 amide bonds. The van der Waals surface area contributed by atoms with Crippen molar-refractivity contribution in [2.24, 2.45) is 7.05 Å². The molecule has 0 aliphatic carbocycles. The molecular formula is C8H11BrN2O2. The third-order valence-corrected chi connectivity index (χ3v) is 2.40. The quantitative estimate of drug-likeness (QED) is 0.815. The summed E-state index contributed by atoms with van der Waals surface area (Å²) in [6.45, 7) is 1.76. The van der Waals surface area contributed by atoms with Crippen molar-refractivity contribution in [1.82, 2.24) is 9.78 Å². The Bertz CT molecular complexity index is 302. The summed E-state index contributed by atoms with van der Waals surface area (Å²) in [6, 6.07) is 0. The van der Waals surface area contributed by atoms with Crippen LogP contribution in [0.15, 0.2) is 10.7 Å². The van der Waals surface area contributed by atoms with Crippen LogP contribution in [0.25, 0.3) is 0 Å². The van der Waals surface area contributed by atoms with E-state index in [2.05, 4.69) is 21.0 Å². The van der Waals surface area contributed by atoms with Gasteiger partial charge in [-0.2, -0.15) is 5.10 Å². The molecule has 0 bridgehead atoms. The highest BCUT2D eigenvalue weighted by atomic mass is 79.9. The van der Waals surface area contributed by atoms with Crippen LogP contribution >= 0.6 is 15.9 Å². The predicted octanol–water partition coefficient (Wildman–Crippen LogP) is 1.14. The first kappa shape index (κ1) is 10.4. The van der Waals surface area contributed by atoms with Crippen LogP contribution in [0.4, 0.5) is 0 Å². The number of aromatic nitrogens is 2. The predicted molar refractivity (Wildman–Crippen MR) is 51.5 cm³/mol. The van der Waals surface area contributed by atoms with Gasteiger partial charge in [0.25, 0.3) is 0 Å². The van der Waals surface area contributed by atoms with E-state index in [-0.39, 0.29) is 5.78 Å². The molecular weight excluding hydrogens is 236 g/mol. The molecule has 4 nitrogen and oxygen atoms in total. The van der Waals surface area contributed by atoms with Crippen molar-refractivity contribution >= 4 is 21.7 Å². The summed E-state index contributed by atoms with van der Waals surface area (Å²) in [5.74, 6) is -0.297. The minimum atomic E-state index is -0.938. The van der Waals surface area contributed by atoms with Gasteiger partial charge in [-0.3, -0.25) is 9.48 Å². The lowest BCUT2D eigenvalue weighted by molar-refractivity contribution is 0.0729. The monoisotopic (exact) mass is 246 g/mol. The molecule has 0 aromatic carbocycles. The zero-order valence-corrected chi connectivity index (χ0v) is 9.08. The Morgan fingerprint density at radius 2 is 2.46 bits per heavy atom. The fourth-order valence-electron chi connectivity index (χ4n) is 1.03. The zero-order chi connectivity index (χ0) is 10.0. The van der Waals surface area contributed by atoms with E-state index in [1.165, 1.54) is 10.9 Å². The van der Waals surface area contributed by atoms with Crippen LogP contribution in [-0.4, -0.2) is 26.8 Å². The summed E-state index contributed by atoms with van der Waals surface area (Å²) in [7, 11) is 1.67. The van der Waals surface area contributed by atoms with Gasteiger partial charge < -0.3 is 5.11 Å². The first-order valence-electron chi connectivity index (χ1n) is 3.97. The number of aryl methyl sites for hydroxylation is 1. The van der Waals surface area contributed by atoms with Crippen molar-refractivity contribution in [3.8, 4) is 0 Å². The fourth-order valence-corrected chi connectivity index (χ4v) is 1.57. The molecule has 0 saturated heterocycles. The molecule has 0 aliphatic heterocycles. The summed E-state index contributed by atoms with van der Waals surface area (Å²) in [5.41, 5.74) is 0.411. The number of aliphatic hydroxyl groups excluding tert-OH is 1. The van der Waals surface area contributed by atoms with E-state index in [9.17, 15) is 9.90 Å². The third-order valence-electron chi connectivity index (χ3n) is 1.82. The minimum absolute atomic E-state index is 0.297. The lowest BCUT2D eigenvalue weighted by atomic mass is 10.1. The van der Waals surface area contributed by atoms with Gasteiger partial charge in [0.05, 0.1) is 10.7 Å². The SMILES string of the molecule is CCC(O)C(=O)c1c(Br)cnn1C. The van der Waals surface area contributed by atoms with Gasteiger partial charge in [-0.25, -0.2) is 0 Å². The number of rotatable bonds is 3. The molecule has 0 fully saturated rings. The van der Waals surface area contributed by atoms with E-state index >= 15 is 0 Å². The van der Waals surface area contributed by atoms with Crippen LogP contribution in [-0.2, 0) is 7.05 Å². The van der Waals surface area contributed by atoms with E-state index in [4.69, 9.17) is 0 Å². The Morgan fingerprint density at radius 3 is 2.85 bits per heavy atom. The van der Waals surface area contributed by atoms with Crippen molar-refractivity contribution in [3.63, 3.8) is 0 Å². The standard InChI is InChI=1S/C8H11BrN2O2/c1-3-6(12)8(13)7-5(9)4-10-11(7)2/h4,6,12H,3H2,1-2H3. The van der Waals surface area contributed by atoms with Gasteiger partial charge in [-0.15, -0.1) is 0 Å². The maximum atomic E-state index is 11.5. The van der Waals surface area contributed by atoms with Crippen molar-refractivity contribution < 1.29 is 9.90 Å². The number of carbonyl (C=O) groups is 1. The summed E-state index contributed by atoms with van der Waals surface area (Å²) < 4.78 is 2.07. The van der Waals surface area contributed by atoms with Crippen molar-refractivity contribution in [2.75, 3.05) is 0 Å². The van der Waals surface area contributed by atoms with Crippen LogP contribution < -0.4 is 0 Å². The first-order chi connectivity index (χ1) is 6.07. The lowest BCUT2D eigenvalue weighted by Gasteiger charge is -2.06. The summed E-state index contributed by atoms with van der Waals surface area (Å²) in [4.78, 5) is 11.5. The van der Waals surface area contributed by atoms with E-state index in [1.807, 2.05) is 0 Å². The van der Waals surface area contributed by atoms with E-state index < -0.39 is 6.10 Å². The number of ketones is 1. The molecule has 0 aliphatic rings. The second-order valence-electron chi connectivity index (χ2n) is 2.75. The van der Waals surface area contributed by atoms with Crippen molar-refractivity contribution in [1.29, 1.82) is 0 Å². The van der Waals surface area contributed by atoms with E-state index in [0.29, 0.717) is 16.6 Å². The van der Waals surface area contributed by atoms with Gasteiger partial charge in [0.2, 0.25) is 5.78 Å². The molecule has 1 heterocycles. The molecule has 1 N–H and O–H groups in total. The molecule has 72 valence electrons. The molecule has 5 heteroatoms. The number of Topliss-reactive ketones (excluding diaryl/α,β-unsaturated/α-hetero) is 1. The normalized spacial score (nSPS) is 12.9. The molecule has 1 rings (SSSR count). The molecule has 1 aromatic heterocycles. The van der Waals surface area contributed by atoms with Crippen LogP contribution in [0.5, 0.6) is 0 Å². The third kappa shape index (κ3) is 1.97. The molecule has 1 aromatic rings. The number of halogens is 1. The second-order valence-corrected chi connectivity index (χ2v) is 3.61. The second kappa shape index (κ2) is 4.02.